The lowest BCUT2D eigenvalue weighted by Gasteiger charge is -2.56. The fourth-order valence-corrected chi connectivity index (χ4v) is 5.27. The van der Waals surface area contributed by atoms with Gasteiger partial charge in [0.25, 0.3) is 5.91 Å². The number of furan rings is 1. The maximum Gasteiger partial charge on any atom is 0.380 e. The topological polar surface area (TPSA) is 77.9 Å². The molecule has 192 valence electrons. The monoisotopic (exact) mass is 518 g/mol. The van der Waals surface area contributed by atoms with Gasteiger partial charge in [0.15, 0.2) is 17.3 Å². The first-order chi connectivity index (χ1) is 17.2. The third-order valence-corrected chi connectivity index (χ3v) is 7.41. The zero-order valence-corrected chi connectivity index (χ0v) is 20.7. The normalized spacial score (nSPS) is 18.2. The molecular weight excluding hydrogens is 490 g/mol. The molecule has 2 aromatic carbocycles. The molecule has 3 heterocycles. The smallest absolute Gasteiger partial charge is 0.380 e. The van der Waals surface area contributed by atoms with Gasteiger partial charge in [-0.2, -0.15) is 8.78 Å². The van der Waals surface area contributed by atoms with Crippen LogP contribution in [-0.2, 0) is 17.1 Å². The Morgan fingerprint density at radius 1 is 1.06 bits per heavy atom. The third-order valence-electron chi connectivity index (χ3n) is 7.18. The molecule has 6 nitrogen and oxygen atoms in total. The van der Waals surface area contributed by atoms with Crippen molar-refractivity contribution in [3.63, 3.8) is 0 Å². The van der Waals surface area contributed by atoms with Gasteiger partial charge in [0.2, 0.25) is 0 Å². The van der Waals surface area contributed by atoms with Gasteiger partial charge in [-0.25, -0.2) is 0 Å². The summed E-state index contributed by atoms with van der Waals surface area (Å²) < 4.78 is 42.5. The number of nitrogens with two attached hydrogens (primary N) is 1. The lowest BCUT2D eigenvalue weighted by molar-refractivity contribution is -0.145. The van der Waals surface area contributed by atoms with Crippen molar-refractivity contribution in [2.45, 2.75) is 38.0 Å². The molecule has 0 atom stereocenters. The van der Waals surface area contributed by atoms with Crippen LogP contribution in [0.3, 0.4) is 0 Å². The van der Waals surface area contributed by atoms with Gasteiger partial charge in [-0.15, -0.1) is 0 Å². The van der Waals surface area contributed by atoms with Crippen molar-refractivity contribution in [2.24, 2.45) is 11.1 Å². The van der Waals surface area contributed by atoms with Crippen molar-refractivity contribution in [1.29, 1.82) is 0 Å². The van der Waals surface area contributed by atoms with Crippen molar-refractivity contribution in [1.82, 2.24) is 4.90 Å². The molecule has 6 rings (SSSR count). The first-order valence-electron chi connectivity index (χ1n) is 12.2. The largest absolute Gasteiger partial charge is 0.486 e. The Morgan fingerprint density at radius 3 is 2.50 bits per heavy atom. The average Bonchev–Trinajstić information content (AvgIpc) is 3.23. The minimum atomic E-state index is -3.81. The molecule has 1 aromatic heterocycles. The van der Waals surface area contributed by atoms with Crippen molar-refractivity contribution >= 4 is 28.5 Å². The number of carbonyl (C=O) groups excluding carboxylic acids is 1. The number of hydrogen-bond acceptors (Lipinski definition) is 5. The number of aryl methyl sites for hydroxylation is 1. The minimum Gasteiger partial charge on any atom is -0.486 e. The summed E-state index contributed by atoms with van der Waals surface area (Å²) in [6.07, 6.45) is 6.80. The Kier molecular flexibility index (Phi) is 6.83. The number of fused-ring (bicyclic) bond motifs is 2. The zero-order valence-electron chi connectivity index (χ0n) is 19.9. The standard InChI is InChI=1S/C17H23NO2.C10H6ClF2NO2/c1(8-18-12-17(13-18)6-2-7-17)3-14-4-5-15-16(11-14)20-10-9-19-15;11-6-1-2-7-5(3-6)4-8(16-7)10(12,13)9(14)15/h4-5,11H,1-3,6-10,12-13H2;1-4H,(H2,14,15). The summed E-state index contributed by atoms with van der Waals surface area (Å²) in [4.78, 5) is 13.2. The molecule has 0 unspecified atom stereocenters. The maximum absolute atomic E-state index is 13.2. The van der Waals surface area contributed by atoms with Gasteiger partial charge in [-0.3, -0.25) is 4.79 Å². The van der Waals surface area contributed by atoms with E-state index < -0.39 is 17.6 Å². The predicted octanol–water partition coefficient (Wildman–Crippen LogP) is 5.54. The predicted molar refractivity (Wildman–Crippen MR) is 133 cm³/mol. The van der Waals surface area contributed by atoms with Gasteiger partial charge in [-0.05, 0) is 79.6 Å². The molecule has 2 fully saturated rings. The Morgan fingerprint density at radius 2 is 1.81 bits per heavy atom. The molecule has 3 aliphatic rings. The highest BCUT2D eigenvalue weighted by atomic mass is 35.5. The number of primary amides is 1. The molecule has 36 heavy (non-hydrogen) atoms. The Balaban J connectivity index is 0.000000152. The number of alkyl halides is 2. The van der Waals surface area contributed by atoms with E-state index in [0.717, 1.165) is 29.4 Å². The summed E-state index contributed by atoms with van der Waals surface area (Å²) in [5.74, 6) is -4.53. The Bertz CT molecular complexity index is 1250. The number of ether oxygens (including phenoxy) is 2. The summed E-state index contributed by atoms with van der Waals surface area (Å²) in [5, 5.41) is 0.783. The van der Waals surface area contributed by atoms with Crippen LogP contribution >= 0.6 is 11.6 Å². The Labute approximate surface area is 213 Å². The third kappa shape index (κ3) is 5.15. The van der Waals surface area contributed by atoms with E-state index in [0.29, 0.717) is 23.6 Å². The first kappa shape index (κ1) is 24.8. The number of nitrogens with zero attached hydrogens (tertiary/aromatic N) is 1. The van der Waals surface area contributed by atoms with Crippen LogP contribution in [0.1, 0.15) is 37.0 Å². The molecule has 1 aliphatic carbocycles. The number of carbonyl (C=O) groups is 1. The number of rotatable bonds is 6. The van der Waals surface area contributed by atoms with Crippen LogP contribution in [-0.4, -0.2) is 43.7 Å². The van der Waals surface area contributed by atoms with E-state index in [-0.39, 0.29) is 5.58 Å². The van der Waals surface area contributed by atoms with Crippen LogP contribution in [0.25, 0.3) is 11.0 Å². The summed E-state index contributed by atoms with van der Waals surface area (Å²) >= 11 is 5.68. The second kappa shape index (κ2) is 9.90. The van der Waals surface area contributed by atoms with Gasteiger partial charge in [0, 0.05) is 23.5 Å². The van der Waals surface area contributed by atoms with Crippen molar-refractivity contribution in [3.8, 4) is 11.5 Å². The van der Waals surface area contributed by atoms with E-state index >= 15 is 0 Å². The number of hydrogen-bond donors (Lipinski definition) is 1. The second-order valence-corrected chi connectivity index (χ2v) is 10.3. The highest BCUT2D eigenvalue weighted by Crippen LogP contribution is 2.48. The van der Waals surface area contributed by atoms with Crippen molar-refractivity contribution < 1.29 is 27.5 Å². The summed E-state index contributed by atoms with van der Waals surface area (Å²) in [5.41, 5.74) is 6.93. The first-order valence-corrected chi connectivity index (χ1v) is 12.6. The highest BCUT2D eigenvalue weighted by Gasteiger charge is 2.46. The number of halogens is 3. The number of amides is 1. The Hall–Kier alpha value is -2.84. The fourth-order valence-electron chi connectivity index (χ4n) is 5.09. The van der Waals surface area contributed by atoms with Crippen LogP contribution in [0, 0.1) is 5.41 Å². The van der Waals surface area contributed by atoms with Crippen LogP contribution in [0.2, 0.25) is 5.02 Å². The summed E-state index contributed by atoms with van der Waals surface area (Å²) in [6, 6.07) is 11.8. The maximum atomic E-state index is 13.2. The average molecular weight is 519 g/mol. The lowest BCUT2D eigenvalue weighted by atomic mass is 9.63. The molecular formula is C27H29ClF2N2O4. The molecule has 1 spiro atoms. The van der Waals surface area contributed by atoms with Gasteiger partial charge in [0.05, 0.1) is 0 Å². The number of likely N-dealkylation sites (tertiary alicyclic amines) is 1. The van der Waals surface area contributed by atoms with Gasteiger partial charge in [0.1, 0.15) is 18.8 Å². The van der Waals surface area contributed by atoms with E-state index in [1.54, 1.807) is 0 Å². The van der Waals surface area contributed by atoms with Gasteiger partial charge < -0.3 is 24.5 Å². The molecule has 1 saturated heterocycles. The molecule has 2 aliphatic heterocycles. The number of benzene rings is 2. The highest BCUT2D eigenvalue weighted by molar-refractivity contribution is 6.31. The van der Waals surface area contributed by atoms with E-state index in [1.807, 2.05) is 0 Å². The van der Waals surface area contributed by atoms with E-state index in [4.69, 9.17) is 25.5 Å². The zero-order chi connectivity index (χ0) is 25.3. The van der Waals surface area contributed by atoms with Crippen LogP contribution < -0.4 is 15.2 Å². The van der Waals surface area contributed by atoms with Gasteiger partial charge in [-0.1, -0.05) is 24.1 Å². The lowest BCUT2D eigenvalue weighted by Crippen LogP contribution is -2.59. The van der Waals surface area contributed by atoms with Crippen molar-refractivity contribution in [3.05, 3.63) is 58.8 Å². The fraction of sp³-hybridized carbons (Fsp3) is 0.444. The van der Waals surface area contributed by atoms with Crippen molar-refractivity contribution in [2.75, 3.05) is 32.8 Å². The molecule has 2 N–H and O–H groups in total. The molecule has 3 aromatic rings. The van der Waals surface area contributed by atoms with Crippen LogP contribution in [0.5, 0.6) is 11.5 Å². The molecule has 1 amide bonds. The minimum absolute atomic E-state index is 0.223. The summed E-state index contributed by atoms with van der Waals surface area (Å²) in [6.45, 7) is 5.30. The molecule has 0 radical (unpaired) electrons. The SMILES string of the molecule is NC(=O)C(F)(F)c1cc2cc(Cl)ccc2o1.c1cc2c(cc1CCCN1CC3(CCC3)C1)OCCO2. The van der Waals surface area contributed by atoms with E-state index in [1.165, 1.54) is 69.1 Å². The second-order valence-electron chi connectivity index (χ2n) is 9.88. The van der Waals surface area contributed by atoms with Crippen LogP contribution in [0.4, 0.5) is 8.78 Å². The van der Waals surface area contributed by atoms with E-state index in [2.05, 4.69) is 28.8 Å². The quantitative estimate of drug-likeness (QED) is 0.463. The molecule has 1 saturated carbocycles. The van der Waals surface area contributed by atoms with Gasteiger partial charge >= 0.3 is 5.92 Å². The van der Waals surface area contributed by atoms with Crippen LogP contribution in [0.15, 0.2) is 46.9 Å². The molecule has 0 bridgehead atoms. The van der Waals surface area contributed by atoms with E-state index in [9.17, 15) is 13.6 Å². The summed E-state index contributed by atoms with van der Waals surface area (Å²) in [7, 11) is 0. The molecule has 9 heteroatoms.